The van der Waals surface area contributed by atoms with Crippen molar-refractivity contribution in [3.8, 4) is 0 Å². The first-order chi connectivity index (χ1) is 6.77. The Bertz CT molecular complexity index is 362. The molecule has 1 aromatic rings. The Labute approximate surface area is 88.1 Å². The first kappa shape index (κ1) is 8.48. The first-order valence-corrected chi connectivity index (χ1v) is 5.38. The van der Waals surface area contributed by atoms with Gasteiger partial charge in [0.1, 0.15) is 11.0 Å². The van der Waals surface area contributed by atoms with Crippen LogP contribution in [0.15, 0.2) is 12.4 Å². The van der Waals surface area contributed by atoms with Crippen molar-refractivity contribution in [2.75, 3.05) is 18.0 Å². The summed E-state index contributed by atoms with van der Waals surface area (Å²) in [6.07, 6.45) is 7.46. The largest absolute Gasteiger partial charge is 0.355 e. The third-order valence-electron chi connectivity index (χ3n) is 3.31. The molecule has 0 aromatic carbocycles. The van der Waals surface area contributed by atoms with Crippen molar-refractivity contribution in [1.82, 2.24) is 9.97 Å². The van der Waals surface area contributed by atoms with Crippen molar-refractivity contribution in [2.45, 2.75) is 19.3 Å². The molecule has 3 nitrogen and oxygen atoms in total. The van der Waals surface area contributed by atoms with Crippen LogP contribution in [0.5, 0.6) is 0 Å². The molecule has 0 bridgehead atoms. The summed E-state index contributed by atoms with van der Waals surface area (Å²) >= 11 is 5.81. The monoisotopic (exact) mass is 209 g/mol. The average molecular weight is 210 g/mol. The second-order valence-electron chi connectivity index (χ2n) is 4.37. The zero-order chi connectivity index (χ0) is 9.60. The standard InChI is InChI=1S/C10H12ClN3/c11-8-5-12-6-9(13-8)14-4-3-10(7-14)1-2-10/h5-6H,1-4,7H2. The number of nitrogens with zero attached hydrogens (tertiary/aromatic N) is 3. The highest BCUT2D eigenvalue weighted by molar-refractivity contribution is 6.29. The lowest BCUT2D eigenvalue weighted by Gasteiger charge is -2.16. The van der Waals surface area contributed by atoms with Gasteiger partial charge in [-0.2, -0.15) is 0 Å². The number of halogens is 1. The van der Waals surface area contributed by atoms with Crippen LogP contribution in [0.1, 0.15) is 19.3 Å². The summed E-state index contributed by atoms with van der Waals surface area (Å²) in [4.78, 5) is 10.6. The summed E-state index contributed by atoms with van der Waals surface area (Å²) in [5, 5.41) is 0.485. The zero-order valence-electron chi connectivity index (χ0n) is 7.91. The fraction of sp³-hybridized carbons (Fsp3) is 0.600. The highest BCUT2D eigenvalue weighted by Gasteiger charge is 2.47. The second-order valence-corrected chi connectivity index (χ2v) is 4.76. The Morgan fingerprint density at radius 1 is 1.29 bits per heavy atom. The molecule has 1 spiro atoms. The topological polar surface area (TPSA) is 29.0 Å². The quantitative estimate of drug-likeness (QED) is 0.710. The fourth-order valence-corrected chi connectivity index (χ4v) is 2.34. The SMILES string of the molecule is Clc1cncc(N2CCC3(CC3)C2)n1. The molecule has 0 unspecified atom stereocenters. The predicted molar refractivity (Wildman–Crippen MR) is 55.5 cm³/mol. The summed E-state index contributed by atoms with van der Waals surface area (Å²) in [6.45, 7) is 2.25. The van der Waals surface area contributed by atoms with Gasteiger partial charge in [-0.3, -0.25) is 4.98 Å². The number of anilines is 1. The Kier molecular flexibility index (Phi) is 1.71. The van der Waals surface area contributed by atoms with Crippen LogP contribution in [0.2, 0.25) is 5.15 Å². The van der Waals surface area contributed by atoms with E-state index in [1.165, 1.54) is 19.3 Å². The van der Waals surface area contributed by atoms with Gasteiger partial charge in [-0.15, -0.1) is 0 Å². The van der Waals surface area contributed by atoms with Gasteiger partial charge in [0.2, 0.25) is 0 Å². The van der Waals surface area contributed by atoms with Gasteiger partial charge in [0, 0.05) is 13.1 Å². The van der Waals surface area contributed by atoms with Crippen LogP contribution >= 0.6 is 11.6 Å². The molecule has 1 aliphatic carbocycles. The van der Waals surface area contributed by atoms with Gasteiger partial charge in [0.25, 0.3) is 0 Å². The minimum atomic E-state index is 0.485. The second kappa shape index (κ2) is 2.83. The molecular formula is C10H12ClN3. The normalized spacial score (nSPS) is 23.1. The molecule has 1 saturated carbocycles. The third-order valence-corrected chi connectivity index (χ3v) is 3.49. The summed E-state index contributed by atoms with van der Waals surface area (Å²) in [6, 6.07) is 0. The molecule has 0 radical (unpaired) electrons. The van der Waals surface area contributed by atoms with Crippen LogP contribution in [0.3, 0.4) is 0 Å². The maximum atomic E-state index is 5.81. The number of rotatable bonds is 1. The smallest absolute Gasteiger partial charge is 0.149 e. The van der Waals surface area contributed by atoms with Gasteiger partial charge in [-0.25, -0.2) is 4.98 Å². The molecule has 1 aliphatic heterocycles. The van der Waals surface area contributed by atoms with Gasteiger partial charge in [-0.05, 0) is 24.7 Å². The van der Waals surface area contributed by atoms with Crippen molar-refractivity contribution in [2.24, 2.45) is 5.41 Å². The third kappa shape index (κ3) is 1.36. The lowest BCUT2D eigenvalue weighted by Crippen LogP contribution is -2.21. The maximum Gasteiger partial charge on any atom is 0.149 e. The van der Waals surface area contributed by atoms with Crippen LogP contribution in [0.4, 0.5) is 5.82 Å². The van der Waals surface area contributed by atoms with Gasteiger partial charge in [0.15, 0.2) is 0 Å². The van der Waals surface area contributed by atoms with E-state index in [0.717, 1.165) is 18.9 Å². The van der Waals surface area contributed by atoms with E-state index in [1.54, 1.807) is 12.4 Å². The van der Waals surface area contributed by atoms with Crippen molar-refractivity contribution < 1.29 is 0 Å². The summed E-state index contributed by atoms with van der Waals surface area (Å²) in [7, 11) is 0. The molecule has 2 aliphatic rings. The van der Waals surface area contributed by atoms with E-state index in [-0.39, 0.29) is 0 Å². The van der Waals surface area contributed by atoms with E-state index in [0.29, 0.717) is 10.6 Å². The lowest BCUT2D eigenvalue weighted by molar-refractivity contribution is 0.580. The van der Waals surface area contributed by atoms with Crippen LogP contribution in [-0.4, -0.2) is 23.1 Å². The maximum absolute atomic E-state index is 5.81. The molecule has 2 heterocycles. The molecule has 0 amide bonds. The van der Waals surface area contributed by atoms with Crippen molar-refractivity contribution in [1.29, 1.82) is 0 Å². The van der Waals surface area contributed by atoms with E-state index >= 15 is 0 Å². The first-order valence-electron chi connectivity index (χ1n) is 5.00. The molecule has 74 valence electrons. The average Bonchev–Trinajstić information content (AvgIpc) is 2.76. The molecule has 3 rings (SSSR count). The molecule has 1 saturated heterocycles. The summed E-state index contributed by atoms with van der Waals surface area (Å²) < 4.78 is 0. The lowest BCUT2D eigenvalue weighted by atomic mass is 10.1. The summed E-state index contributed by atoms with van der Waals surface area (Å²) in [5.41, 5.74) is 0.629. The Hall–Kier alpha value is -0.830. The zero-order valence-corrected chi connectivity index (χ0v) is 8.67. The van der Waals surface area contributed by atoms with Crippen molar-refractivity contribution >= 4 is 17.4 Å². The number of hydrogen-bond donors (Lipinski definition) is 0. The van der Waals surface area contributed by atoms with Crippen LogP contribution in [-0.2, 0) is 0 Å². The molecule has 4 heteroatoms. The Morgan fingerprint density at radius 3 is 2.79 bits per heavy atom. The van der Waals surface area contributed by atoms with E-state index in [4.69, 9.17) is 11.6 Å². The Balaban J connectivity index is 1.82. The predicted octanol–water partition coefficient (Wildman–Crippen LogP) is 2.12. The summed E-state index contributed by atoms with van der Waals surface area (Å²) in [5.74, 6) is 0.932. The van der Waals surface area contributed by atoms with Gasteiger partial charge in [-0.1, -0.05) is 11.6 Å². The highest BCUT2D eigenvalue weighted by Crippen LogP contribution is 2.53. The molecule has 0 atom stereocenters. The molecule has 0 N–H and O–H groups in total. The van der Waals surface area contributed by atoms with Gasteiger partial charge in [0.05, 0.1) is 12.4 Å². The van der Waals surface area contributed by atoms with Crippen LogP contribution in [0.25, 0.3) is 0 Å². The number of hydrogen-bond acceptors (Lipinski definition) is 3. The van der Waals surface area contributed by atoms with E-state index in [1.807, 2.05) is 0 Å². The highest BCUT2D eigenvalue weighted by atomic mass is 35.5. The minimum Gasteiger partial charge on any atom is -0.355 e. The van der Waals surface area contributed by atoms with Gasteiger partial charge >= 0.3 is 0 Å². The molecule has 2 fully saturated rings. The van der Waals surface area contributed by atoms with Crippen LogP contribution in [0, 0.1) is 5.41 Å². The van der Waals surface area contributed by atoms with E-state index < -0.39 is 0 Å². The van der Waals surface area contributed by atoms with Crippen LogP contribution < -0.4 is 4.90 Å². The fourth-order valence-electron chi connectivity index (χ4n) is 2.20. The number of aromatic nitrogens is 2. The van der Waals surface area contributed by atoms with Crippen molar-refractivity contribution in [3.63, 3.8) is 0 Å². The van der Waals surface area contributed by atoms with Gasteiger partial charge < -0.3 is 4.90 Å². The molecular weight excluding hydrogens is 198 g/mol. The minimum absolute atomic E-state index is 0.485. The molecule has 14 heavy (non-hydrogen) atoms. The molecule has 1 aromatic heterocycles. The van der Waals surface area contributed by atoms with Crippen molar-refractivity contribution in [3.05, 3.63) is 17.5 Å². The van der Waals surface area contributed by atoms with E-state index in [2.05, 4.69) is 14.9 Å². The Morgan fingerprint density at radius 2 is 2.14 bits per heavy atom. The van der Waals surface area contributed by atoms with E-state index in [9.17, 15) is 0 Å².